The van der Waals surface area contributed by atoms with Crippen LogP contribution in [0.25, 0.3) is 28.2 Å². The van der Waals surface area contributed by atoms with Crippen molar-refractivity contribution >= 4 is 39.0 Å². The smallest absolute Gasteiger partial charge is 0.303 e. The summed E-state index contributed by atoms with van der Waals surface area (Å²) in [5.74, 6) is 0.163. The number of hydrogen-bond donors (Lipinski definition) is 1. The van der Waals surface area contributed by atoms with Gasteiger partial charge in [-0.05, 0) is 71.9 Å². The number of aromatic nitrogens is 1. The number of quaternary nitrogens is 1. The summed E-state index contributed by atoms with van der Waals surface area (Å²) in [7, 11) is -1.28. The lowest BCUT2D eigenvalue weighted by atomic mass is 9.81. The van der Waals surface area contributed by atoms with Crippen molar-refractivity contribution in [3.05, 3.63) is 99.8 Å². The van der Waals surface area contributed by atoms with Crippen molar-refractivity contribution in [3.63, 3.8) is 0 Å². The number of fused-ring (bicyclic) bond motifs is 5. The second-order valence-corrected chi connectivity index (χ2v) is 17.7. The van der Waals surface area contributed by atoms with Crippen molar-refractivity contribution in [2.75, 3.05) is 53.5 Å². The lowest BCUT2D eigenvalue weighted by Gasteiger charge is -2.52. The molecule has 1 saturated carbocycles. The van der Waals surface area contributed by atoms with Crippen molar-refractivity contribution in [2.45, 2.75) is 70.1 Å². The van der Waals surface area contributed by atoms with Gasteiger partial charge in [0.15, 0.2) is 0 Å². The average Bonchev–Trinajstić information content (AvgIpc) is 3.43. The van der Waals surface area contributed by atoms with Gasteiger partial charge >= 0.3 is 10.2 Å². The largest absolute Gasteiger partial charge is 0.632 e. The zero-order chi connectivity index (χ0) is 39.0. The fourth-order valence-corrected chi connectivity index (χ4v) is 9.58. The maximum absolute atomic E-state index is 14.7. The van der Waals surface area contributed by atoms with E-state index in [-0.39, 0.29) is 34.6 Å². The third-order valence-electron chi connectivity index (χ3n) is 12.2. The van der Waals surface area contributed by atoms with Gasteiger partial charge in [0.2, 0.25) is 0 Å². The summed E-state index contributed by atoms with van der Waals surface area (Å²) >= 11 is 0. The van der Waals surface area contributed by atoms with Crippen LogP contribution in [-0.4, -0.2) is 98.2 Å². The lowest BCUT2D eigenvalue weighted by Crippen LogP contribution is -2.60. The molecule has 3 aromatic carbocycles. The van der Waals surface area contributed by atoms with E-state index in [1.165, 1.54) is 26.1 Å². The number of benzene rings is 3. The van der Waals surface area contributed by atoms with E-state index in [4.69, 9.17) is 9.47 Å². The van der Waals surface area contributed by atoms with Crippen molar-refractivity contribution in [3.8, 4) is 17.0 Å². The Labute approximate surface area is 329 Å². The van der Waals surface area contributed by atoms with Gasteiger partial charge in [0.25, 0.3) is 11.8 Å². The van der Waals surface area contributed by atoms with Gasteiger partial charge in [-0.3, -0.25) is 9.59 Å². The Morgan fingerprint density at radius 2 is 1.68 bits per heavy atom. The maximum Gasteiger partial charge on any atom is 0.303 e. The van der Waals surface area contributed by atoms with Crippen LogP contribution in [0.1, 0.15) is 77.9 Å². The van der Waals surface area contributed by atoms with Gasteiger partial charge in [-0.2, -0.15) is 12.7 Å². The van der Waals surface area contributed by atoms with Crippen molar-refractivity contribution < 1.29 is 32.1 Å². The summed E-state index contributed by atoms with van der Waals surface area (Å²) in [6.45, 7) is 3.48. The first-order chi connectivity index (χ1) is 27.0. The second-order valence-electron chi connectivity index (χ2n) is 15.9. The van der Waals surface area contributed by atoms with Gasteiger partial charge in [-0.15, -0.1) is 0 Å². The normalized spacial score (nSPS) is 19.2. The van der Waals surface area contributed by atoms with Crippen LogP contribution in [0.3, 0.4) is 0 Å². The Kier molecular flexibility index (Phi) is 10.8. The van der Waals surface area contributed by atoms with Crippen LogP contribution in [0.4, 0.5) is 0 Å². The highest BCUT2D eigenvalue weighted by atomic mass is 32.2. The van der Waals surface area contributed by atoms with E-state index in [1.54, 1.807) is 12.1 Å². The highest BCUT2D eigenvalue weighted by Gasteiger charge is 2.37. The Hall–Kier alpha value is -4.53. The fraction of sp³-hybridized carbons (Fsp3) is 0.442. The molecule has 2 saturated heterocycles. The quantitative estimate of drug-likeness (QED) is 0.158. The number of morpholine rings is 1. The van der Waals surface area contributed by atoms with E-state index in [2.05, 4.69) is 15.4 Å². The molecule has 3 aliphatic heterocycles. The number of hydroxylamine groups is 3. The topological polar surface area (TPSA) is 133 Å². The molecule has 4 aliphatic rings. The van der Waals surface area contributed by atoms with Gasteiger partial charge < -0.3 is 28.8 Å². The molecule has 296 valence electrons. The number of carbonyl (C=O) groups is 2. The molecule has 13 heteroatoms. The number of piperidine rings is 1. The molecule has 1 N–H and O–H groups in total. The third-order valence-corrected chi connectivity index (χ3v) is 13.6. The van der Waals surface area contributed by atoms with Crippen LogP contribution in [0, 0.1) is 5.21 Å². The molecular formula is C43H51N5O7S. The Morgan fingerprint density at radius 1 is 0.946 bits per heavy atom. The molecule has 12 nitrogen and oxygen atoms in total. The number of hydrogen-bond acceptors (Lipinski definition) is 7. The molecule has 1 aliphatic carbocycles. The third kappa shape index (κ3) is 7.62. The minimum absolute atomic E-state index is 0.0602. The summed E-state index contributed by atoms with van der Waals surface area (Å²) in [5, 5.41) is 14.7. The van der Waals surface area contributed by atoms with Crippen LogP contribution >= 0.6 is 0 Å². The molecule has 4 heterocycles. The van der Waals surface area contributed by atoms with E-state index in [0.717, 1.165) is 63.3 Å². The summed E-state index contributed by atoms with van der Waals surface area (Å²) < 4.78 is 42.2. The van der Waals surface area contributed by atoms with Crippen LogP contribution < -0.4 is 9.46 Å². The van der Waals surface area contributed by atoms with Crippen molar-refractivity contribution in [1.29, 1.82) is 0 Å². The molecule has 3 fully saturated rings. The monoisotopic (exact) mass is 781 g/mol. The SMILES string of the molecule is CN(C)S(=O)(=O)NC(=O)c1ccc2c(C3CCCCC3)c3n(c2c1)CC(C(=O)N1CCC([N+]2([O-])CCOCC2)CC1)=Cc1cc(OCc2ccccc2)ccc1-3. The van der Waals surface area contributed by atoms with E-state index in [9.17, 15) is 23.2 Å². The van der Waals surface area contributed by atoms with Crippen LogP contribution in [0.2, 0.25) is 0 Å². The summed E-state index contributed by atoms with van der Waals surface area (Å²) in [6, 6.07) is 21.4. The molecular weight excluding hydrogens is 731 g/mol. The molecule has 0 radical (unpaired) electrons. The van der Waals surface area contributed by atoms with E-state index >= 15 is 0 Å². The molecule has 8 rings (SSSR count). The zero-order valence-electron chi connectivity index (χ0n) is 32.2. The number of amides is 2. The molecule has 0 spiro atoms. The number of nitrogens with zero attached hydrogens (tertiary/aromatic N) is 4. The van der Waals surface area contributed by atoms with E-state index in [0.29, 0.717) is 70.2 Å². The highest BCUT2D eigenvalue weighted by molar-refractivity contribution is 7.87. The van der Waals surface area contributed by atoms with E-state index < -0.39 is 16.1 Å². The van der Waals surface area contributed by atoms with Gasteiger partial charge in [0.05, 0.1) is 31.5 Å². The van der Waals surface area contributed by atoms with Crippen molar-refractivity contribution in [1.82, 2.24) is 18.5 Å². The molecule has 56 heavy (non-hydrogen) atoms. The highest BCUT2D eigenvalue weighted by Crippen LogP contribution is 2.47. The number of rotatable bonds is 9. The van der Waals surface area contributed by atoms with Gasteiger partial charge in [-0.25, -0.2) is 4.72 Å². The zero-order valence-corrected chi connectivity index (χ0v) is 33.1. The minimum Gasteiger partial charge on any atom is -0.632 e. The Bertz CT molecular complexity index is 2250. The number of carbonyl (C=O) groups excluding carboxylic acids is 2. The standard InChI is InChI=1S/C43H51N5O7S/c1-45(2)56(52,53)44-42(49)32-13-15-38-39(27-32)47-28-34(43(50)46-19-17-35(18-20-46)48(51)21-23-54-24-22-48)25-33-26-36(55-29-30-9-5-3-6-10-30)14-16-37(33)41(47)40(38)31-11-7-4-8-12-31/h3,5-6,9-10,13-16,25-27,31,35H,4,7-8,11-12,17-24,28-29H2,1-2H3,(H,44,49). The lowest BCUT2D eigenvalue weighted by molar-refractivity contribution is -0.914. The molecule has 0 unspecified atom stereocenters. The van der Waals surface area contributed by atoms with Gasteiger partial charge in [0, 0.05) is 67.6 Å². The molecule has 0 atom stereocenters. The number of likely N-dealkylation sites (tertiary alicyclic amines) is 1. The average molecular weight is 782 g/mol. The first-order valence-corrected chi connectivity index (χ1v) is 21.3. The predicted molar refractivity (Wildman–Crippen MR) is 216 cm³/mol. The van der Waals surface area contributed by atoms with Crippen LogP contribution in [0.15, 0.2) is 72.3 Å². The summed E-state index contributed by atoms with van der Waals surface area (Å²) in [6.07, 6.45) is 8.74. The number of ether oxygens (including phenoxy) is 2. The molecule has 2 amide bonds. The number of nitrogens with one attached hydrogen (secondary N) is 1. The van der Waals surface area contributed by atoms with Crippen LogP contribution in [-0.2, 0) is 32.9 Å². The van der Waals surface area contributed by atoms with E-state index in [1.807, 2.05) is 59.5 Å². The Balaban J connectivity index is 1.21. The molecule has 0 bridgehead atoms. The molecule has 1 aromatic heterocycles. The predicted octanol–water partition coefficient (Wildman–Crippen LogP) is 6.20. The first kappa shape index (κ1) is 38.3. The second kappa shape index (κ2) is 15.8. The Morgan fingerprint density at radius 3 is 2.39 bits per heavy atom. The summed E-state index contributed by atoms with van der Waals surface area (Å²) in [4.78, 5) is 30.0. The van der Waals surface area contributed by atoms with Crippen molar-refractivity contribution in [2.24, 2.45) is 0 Å². The summed E-state index contributed by atoms with van der Waals surface area (Å²) in [5.41, 5.74) is 6.69. The maximum atomic E-state index is 14.7. The van der Waals surface area contributed by atoms with Gasteiger partial charge in [0.1, 0.15) is 25.4 Å². The fourth-order valence-electron chi connectivity index (χ4n) is 9.04. The van der Waals surface area contributed by atoms with Crippen LogP contribution in [0.5, 0.6) is 5.75 Å². The molecule has 4 aromatic rings. The minimum atomic E-state index is -4.02. The first-order valence-electron chi connectivity index (χ1n) is 19.9. The van der Waals surface area contributed by atoms with Gasteiger partial charge in [-0.1, -0.05) is 55.7 Å².